The Morgan fingerprint density at radius 3 is 2.89 bits per heavy atom. The number of benzene rings is 1. The smallest absolute Gasteiger partial charge is 0.115 e. The third-order valence-corrected chi connectivity index (χ3v) is 2.71. The molecular formula is C13H13N5. The van der Waals surface area contributed by atoms with E-state index in [0.717, 1.165) is 28.1 Å². The quantitative estimate of drug-likeness (QED) is 0.735. The van der Waals surface area contributed by atoms with Gasteiger partial charge in [0, 0.05) is 30.2 Å². The minimum atomic E-state index is 0.708. The molecule has 0 aliphatic rings. The number of anilines is 1. The van der Waals surface area contributed by atoms with Crippen LogP contribution < -0.4 is 5.32 Å². The molecule has 0 fully saturated rings. The monoisotopic (exact) mass is 239 g/mol. The summed E-state index contributed by atoms with van der Waals surface area (Å²) in [5.74, 6) is 0.929. The summed E-state index contributed by atoms with van der Waals surface area (Å²) in [7, 11) is 0. The van der Waals surface area contributed by atoms with Gasteiger partial charge in [-0.05, 0) is 25.1 Å². The predicted octanol–water partition coefficient (Wildman–Crippen LogP) is 2.27. The van der Waals surface area contributed by atoms with Crippen molar-refractivity contribution in [2.75, 3.05) is 5.32 Å². The Hall–Kier alpha value is -2.43. The van der Waals surface area contributed by atoms with E-state index in [2.05, 4.69) is 31.3 Å². The number of H-pyrrole nitrogens is 1. The topological polar surface area (TPSA) is 66.5 Å². The van der Waals surface area contributed by atoms with Crippen LogP contribution in [0.1, 0.15) is 11.4 Å². The summed E-state index contributed by atoms with van der Waals surface area (Å²) in [6, 6.07) is 6.08. The molecular weight excluding hydrogens is 226 g/mol. The maximum Gasteiger partial charge on any atom is 0.115 e. The van der Waals surface area contributed by atoms with Crippen molar-refractivity contribution in [2.45, 2.75) is 13.5 Å². The van der Waals surface area contributed by atoms with E-state index in [1.807, 2.05) is 19.1 Å². The number of aromatic nitrogens is 4. The van der Waals surface area contributed by atoms with Gasteiger partial charge in [-0.25, -0.2) is 15.0 Å². The molecule has 2 N–H and O–H groups in total. The maximum absolute atomic E-state index is 4.37. The minimum Gasteiger partial charge on any atom is -0.381 e. The Kier molecular flexibility index (Phi) is 2.64. The van der Waals surface area contributed by atoms with E-state index in [1.165, 1.54) is 6.33 Å². The molecule has 0 saturated carbocycles. The van der Waals surface area contributed by atoms with Crippen molar-refractivity contribution < 1.29 is 0 Å². The molecule has 0 aliphatic carbocycles. The molecule has 18 heavy (non-hydrogen) atoms. The molecule has 5 heteroatoms. The van der Waals surface area contributed by atoms with E-state index >= 15 is 0 Å². The van der Waals surface area contributed by atoms with Gasteiger partial charge in [-0.2, -0.15) is 0 Å². The fourth-order valence-corrected chi connectivity index (χ4v) is 1.87. The Morgan fingerprint density at radius 2 is 2.06 bits per heavy atom. The van der Waals surface area contributed by atoms with Gasteiger partial charge in [-0.15, -0.1) is 0 Å². The number of imidazole rings is 1. The Balaban J connectivity index is 1.78. The first-order valence-electron chi connectivity index (χ1n) is 5.75. The first-order valence-corrected chi connectivity index (χ1v) is 5.75. The van der Waals surface area contributed by atoms with Crippen molar-refractivity contribution in [3.63, 3.8) is 0 Å². The largest absolute Gasteiger partial charge is 0.381 e. The van der Waals surface area contributed by atoms with Gasteiger partial charge in [0.2, 0.25) is 0 Å². The predicted molar refractivity (Wildman–Crippen MR) is 70.2 cm³/mol. The zero-order valence-electron chi connectivity index (χ0n) is 10.0. The summed E-state index contributed by atoms with van der Waals surface area (Å²) in [4.78, 5) is 15.6. The SMILES string of the molecule is Cc1nc2ccc(NCc3cncnc3)cc2[nH]1. The number of aromatic amines is 1. The summed E-state index contributed by atoms with van der Waals surface area (Å²) < 4.78 is 0. The van der Waals surface area contributed by atoms with Gasteiger partial charge in [0.25, 0.3) is 0 Å². The molecule has 0 spiro atoms. The van der Waals surface area contributed by atoms with Gasteiger partial charge < -0.3 is 10.3 Å². The molecule has 0 bridgehead atoms. The molecule has 90 valence electrons. The summed E-state index contributed by atoms with van der Waals surface area (Å²) in [5, 5.41) is 3.33. The number of nitrogens with zero attached hydrogens (tertiary/aromatic N) is 3. The molecule has 0 unspecified atom stereocenters. The Labute approximate surface area is 104 Å². The number of hydrogen-bond acceptors (Lipinski definition) is 4. The summed E-state index contributed by atoms with van der Waals surface area (Å²) in [6.45, 7) is 2.66. The molecule has 0 amide bonds. The summed E-state index contributed by atoms with van der Waals surface area (Å²) in [5.41, 5.74) is 4.14. The summed E-state index contributed by atoms with van der Waals surface area (Å²) in [6.07, 6.45) is 5.14. The summed E-state index contributed by atoms with van der Waals surface area (Å²) >= 11 is 0. The molecule has 0 radical (unpaired) electrons. The number of fused-ring (bicyclic) bond motifs is 1. The van der Waals surface area contributed by atoms with Crippen LogP contribution in [0.25, 0.3) is 11.0 Å². The van der Waals surface area contributed by atoms with E-state index in [4.69, 9.17) is 0 Å². The fourth-order valence-electron chi connectivity index (χ4n) is 1.87. The number of aryl methyl sites for hydroxylation is 1. The van der Waals surface area contributed by atoms with Crippen LogP contribution in [0.5, 0.6) is 0 Å². The first kappa shape index (κ1) is 10.7. The Morgan fingerprint density at radius 1 is 1.22 bits per heavy atom. The van der Waals surface area contributed by atoms with E-state index in [-0.39, 0.29) is 0 Å². The van der Waals surface area contributed by atoms with Crippen LogP contribution in [-0.2, 0) is 6.54 Å². The van der Waals surface area contributed by atoms with Crippen LogP contribution in [0.15, 0.2) is 36.9 Å². The van der Waals surface area contributed by atoms with Crippen molar-refractivity contribution in [3.05, 3.63) is 48.3 Å². The van der Waals surface area contributed by atoms with Crippen molar-refractivity contribution in [3.8, 4) is 0 Å². The van der Waals surface area contributed by atoms with Gasteiger partial charge in [0.15, 0.2) is 0 Å². The second-order valence-corrected chi connectivity index (χ2v) is 4.15. The van der Waals surface area contributed by atoms with E-state index in [0.29, 0.717) is 6.54 Å². The molecule has 0 aliphatic heterocycles. The molecule has 1 aromatic carbocycles. The second kappa shape index (κ2) is 4.44. The highest BCUT2D eigenvalue weighted by atomic mass is 14.9. The lowest BCUT2D eigenvalue weighted by molar-refractivity contribution is 1.05. The number of rotatable bonds is 3. The van der Waals surface area contributed by atoms with E-state index < -0.39 is 0 Å². The third-order valence-electron chi connectivity index (χ3n) is 2.71. The minimum absolute atomic E-state index is 0.708. The third kappa shape index (κ3) is 2.15. The standard InChI is InChI=1S/C13H13N5/c1-9-17-12-3-2-11(4-13(12)18-9)16-7-10-5-14-8-15-6-10/h2-6,8,16H,7H2,1H3,(H,17,18). The van der Waals surface area contributed by atoms with Crippen LogP contribution in [0.2, 0.25) is 0 Å². The second-order valence-electron chi connectivity index (χ2n) is 4.15. The normalized spacial score (nSPS) is 10.7. The van der Waals surface area contributed by atoms with Crippen molar-refractivity contribution in [1.29, 1.82) is 0 Å². The first-order chi connectivity index (χ1) is 8.81. The highest BCUT2D eigenvalue weighted by Gasteiger charge is 2.00. The van der Waals surface area contributed by atoms with Gasteiger partial charge in [-0.1, -0.05) is 0 Å². The number of nitrogens with one attached hydrogen (secondary N) is 2. The van der Waals surface area contributed by atoms with Crippen molar-refractivity contribution in [2.24, 2.45) is 0 Å². The van der Waals surface area contributed by atoms with Gasteiger partial charge in [-0.3, -0.25) is 0 Å². The fraction of sp³-hybridized carbons (Fsp3) is 0.154. The average molecular weight is 239 g/mol. The molecule has 3 rings (SSSR count). The molecule has 0 atom stereocenters. The van der Waals surface area contributed by atoms with Crippen molar-refractivity contribution in [1.82, 2.24) is 19.9 Å². The molecule has 2 heterocycles. The zero-order valence-corrected chi connectivity index (χ0v) is 10.0. The maximum atomic E-state index is 4.37. The van der Waals surface area contributed by atoms with Gasteiger partial charge in [0.05, 0.1) is 11.0 Å². The van der Waals surface area contributed by atoms with Gasteiger partial charge in [0.1, 0.15) is 12.2 Å². The Bertz CT molecular complexity index is 659. The highest BCUT2D eigenvalue weighted by Crippen LogP contribution is 2.17. The van der Waals surface area contributed by atoms with Crippen LogP contribution in [-0.4, -0.2) is 19.9 Å². The van der Waals surface area contributed by atoms with Gasteiger partial charge >= 0.3 is 0 Å². The molecule has 3 aromatic rings. The lowest BCUT2D eigenvalue weighted by atomic mass is 10.2. The van der Waals surface area contributed by atoms with E-state index in [1.54, 1.807) is 12.4 Å². The average Bonchev–Trinajstić information content (AvgIpc) is 2.77. The van der Waals surface area contributed by atoms with Crippen molar-refractivity contribution >= 4 is 16.7 Å². The molecule has 5 nitrogen and oxygen atoms in total. The number of hydrogen-bond donors (Lipinski definition) is 2. The highest BCUT2D eigenvalue weighted by molar-refractivity contribution is 5.79. The molecule has 0 saturated heterocycles. The lowest BCUT2D eigenvalue weighted by Crippen LogP contribution is -2.00. The van der Waals surface area contributed by atoms with E-state index in [9.17, 15) is 0 Å². The zero-order chi connectivity index (χ0) is 12.4. The van der Waals surface area contributed by atoms with Crippen LogP contribution in [0.4, 0.5) is 5.69 Å². The molecule has 2 aromatic heterocycles. The lowest BCUT2D eigenvalue weighted by Gasteiger charge is -2.05. The van der Waals surface area contributed by atoms with Crippen LogP contribution in [0, 0.1) is 6.92 Å². The van der Waals surface area contributed by atoms with Crippen LogP contribution in [0.3, 0.4) is 0 Å². The van der Waals surface area contributed by atoms with Crippen LogP contribution >= 0.6 is 0 Å².